The third kappa shape index (κ3) is 2.68. The van der Waals surface area contributed by atoms with Crippen molar-refractivity contribution in [3.05, 3.63) is 34.9 Å². The summed E-state index contributed by atoms with van der Waals surface area (Å²) in [4.78, 5) is 14.7. The van der Waals surface area contributed by atoms with Gasteiger partial charge in [0.25, 0.3) is 5.91 Å². The summed E-state index contributed by atoms with van der Waals surface area (Å²) in [6, 6.07) is 6.64. The Labute approximate surface area is 131 Å². The molecule has 3 aliphatic heterocycles. The number of carbonyl (C=O) groups excluding carboxylic acids is 1. The molecule has 21 heavy (non-hydrogen) atoms. The molecule has 5 heteroatoms. The Bertz CT molecular complexity index is 549. The zero-order chi connectivity index (χ0) is 13.5. The number of nitrogens with zero attached hydrogens (tertiary/aromatic N) is 1. The highest BCUT2D eigenvalue weighted by molar-refractivity contribution is 5.94. The van der Waals surface area contributed by atoms with Crippen LogP contribution in [-0.2, 0) is 18.0 Å². The van der Waals surface area contributed by atoms with Gasteiger partial charge in [-0.3, -0.25) is 4.79 Å². The molecule has 4 rings (SSSR count). The van der Waals surface area contributed by atoms with Crippen LogP contribution in [0.1, 0.15) is 34.3 Å². The number of piperidine rings is 1. The molecule has 0 bridgehead atoms. The minimum atomic E-state index is 0. The maximum Gasteiger partial charge on any atom is 0.253 e. The number of halogens is 1. The van der Waals surface area contributed by atoms with E-state index in [0.29, 0.717) is 25.2 Å². The fourth-order valence-corrected chi connectivity index (χ4v) is 3.72. The van der Waals surface area contributed by atoms with Gasteiger partial charge in [-0.15, -0.1) is 12.4 Å². The van der Waals surface area contributed by atoms with Crippen molar-refractivity contribution in [1.29, 1.82) is 0 Å². The third-order valence-corrected chi connectivity index (χ3v) is 4.91. The molecule has 4 nitrogen and oxygen atoms in total. The number of ether oxygens (including phenoxy) is 1. The van der Waals surface area contributed by atoms with Gasteiger partial charge in [-0.25, -0.2) is 0 Å². The van der Waals surface area contributed by atoms with Gasteiger partial charge in [0, 0.05) is 24.7 Å². The fraction of sp³-hybridized carbons (Fsp3) is 0.562. The molecule has 0 aliphatic carbocycles. The van der Waals surface area contributed by atoms with Crippen molar-refractivity contribution >= 4 is 18.3 Å². The van der Waals surface area contributed by atoms with Gasteiger partial charge in [0.15, 0.2) is 0 Å². The van der Waals surface area contributed by atoms with Gasteiger partial charge < -0.3 is 15.0 Å². The Morgan fingerprint density at radius 2 is 2.10 bits per heavy atom. The van der Waals surface area contributed by atoms with Gasteiger partial charge in [0.2, 0.25) is 0 Å². The summed E-state index contributed by atoms with van der Waals surface area (Å²) < 4.78 is 5.42. The van der Waals surface area contributed by atoms with E-state index in [0.717, 1.165) is 31.6 Å². The Morgan fingerprint density at radius 1 is 1.24 bits per heavy atom. The minimum absolute atomic E-state index is 0. The van der Waals surface area contributed by atoms with Gasteiger partial charge in [0.1, 0.15) is 0 Å². The van der Waals surface area contributed by atoms with Gasteiger partial charge in [-0.1, -0.05) is 6.07 Å². The number of benzene rings is 1. The first kappa shape index (κ1) is 14.8. The molecule has 2 unspecified atom stereocenters. The van der Waals surface area contributed by atoms with E-state index in [1.54, 1.807) is 0 Å². The Kier molecular flexibility index (Phi) is 4.20. The summed E-state index contributed by atoms with van der Waals surface area (Å²) in [7, 11) is 0. The lowest BCUT2D eigenvalue weighted by Crippen LogP contribution is -2.46. The van der Waals surface area contributed by atoms with Gasteiger partial charge >= 0.3 is 0 Å². The van der Waals surface area contributed by atoms with E-state index >= 15 is 0 Å². The summed E-state index contributed by atoms with van der Waals surface area (Å²) in [5, 5.41) is 3.54. The zero-order valence-corrected chi connectivity index (χ0v) is 12.8. The van der Waals surface area contributed by atoms with Crippen LogP contribution in [0.3, 0.4) is 0 Å². The Morgan fingerprint density at radius 3 is 3.00 bits per heavy atom. The van der Waals surface area contributed by atoms with Crippen molar-refractivity contribution in [3.63, 3.8) is 0 Å². The van der Waals surface area contributed by atoms with Crippen LogP contribution in [0.2, 0.25) is 0 Å². The molecule has 2 fully saturated rings. The van der Waals surface area contributed by atoms with Crippen LogP contribution in [-0.4, -0.2) is 36.5 Å². The van der Waals surface area contributed by atoms with Crippen LogP contribution in [0.4, 0.5) is 0 Å². The average molecular weight is 309 g/mol. The van der Waals surface area contributed by atoms with Crippen LogP contribution >= 0.6 is 12.4 Å². The van der Waals surface area contributed by atoms with Crippen LogP contribution in [0.25, 0.3) is 0 Å². The van der Waals surface area contributed by atoms with Crippen LogP contribution in [0, 0.1) is 5.92 Å². The second-order valence-corrected chi connectivity index (χ2v) is 6.13. The topological polar surface area (TPSA) is 41.6 Å². The number of hydrogen-bond acceptors (Lipinski definition) is 3. The van der Waals surface area contributed by atoms with Crippen molar-refractivity contribution in [1.82, 2.24) is 10.2 Å². The number of nitrogens with one attached hydrogen (secondary N) is 1. The summed E-state index contributed by atoms with van der Waals surface area (Å²) >= 11 is 0. The van der Waals surface area contributed by atoms with Gasteiger partial charge in [-0.2, -0.15) is 0 Å². The normalized spacial score (nSPS) is 27.0. The van der Waals surface area contributed by atoms with Gasteiger partial charge in [0.05, 0.1) is 13.2 Å². The van der Waals surface area contributed by atoms with Crippen LogP contribution in [0.15, 0.2) is 18.2 Å². The Hall–Kier alpha value is -1.10. The van der Waals surface area contributed by atoms with E-state index in [2.05, 4.69) is 5.32 Å². The van der Waals surface area contributed by atoms with E-state index in [9.17, 15) is 4.79 Å². The molecule has 1 amide bonds. The maximum absolute atomic E-state index is 12.7. The molecular formula is C16H21ClN2O2. The average Bonchev–Trinajstić information content (AvgIpc) is 3.13. The smallest absolute Gasteiger partial charge is 0.253 e. The van der Waals surface area contributed by atoms with Crippen molar-refractivity contribution < 1.29 is 9.53 Å². The fourth-order valence-electron chi connectivity index (χ4n) is 3.72. The van der Waals surface area contributed by atoms with E-state index in [1.807, 2.05) is 23.1 Å². The molecule has 2 saturated heterocycles. The quantitative estimate of drug-likeness (QED) is 0.862. The molecular weight excluding hydrogens is 288 g/mol. The Balaban J connectivity index is 0.00000132. The predicted octanol–water partition coefficient (Wildman–Crippen LogP) is 1.96. The number of fused-ring (bicyclic) bond motifs is 2. The first-order valence-corrected chi connectivity index (χ1v) is 7.53. The predicted molar refractivity (Wildman–Crippen MR) is 82.6 cm³/mol. The molecule has 0 radical (unpaired) electrons. The number of amides is 1. The van der Waals surface area contributed by atoms with Crippen molar-refractivity contribution in [2.75, 3.05) is 19.6 Å². The van der Waals surface area contributed by atoms with E-state index in [1.165, 1.54) is 17.5 Å². The first-order valence-electron chi connectivity index (χ1n) is 7.53. The molecule has 0 aromatic heterocycles. The highest BCUT2D eigenvalue weighted by Gasteiger charge is 2.34. The summed E-state index contributed by atoms with van der Waals surface area (Å²) in [6.45, 7) is 4.21. The van der Waals surface area contributed by atoms with E-state index < -0.39 is 0 Å². The summed E-state index contributed by atoms with van der Waals surface area (Å²) in [6.07, 6.45) is 2.29. The number of carbonyl (C=O) groups is 1. The molecule has 1 N–H and O–H groups in total. The van der Waals surface area contributed by atoms with E-state index in [-0.39, 0.29) is 18.3 Å². The maximum atomic E-state index is 12.7. The molecule has 0 spiro atoms. The molecule has 3 heterocycles. The van der Waals surface area contributed by atoms with Crippen molar-refractivity contribution in [2.45, 2.75) is 32.1 Å². The molecule has 1 aromatic carbocycles. The molecule has 1 aromatic rings. The lowest BCUT2D eigenvalue weighted by molar-refractivity contribution is 0.0662. The molecule has 114 valence electrons. The van der Waals surface area contributed by atoms with Crippen molar-refractivity contribution in [2.24, 2.45) is 5.92 Å². The molecule has 2 atom stereocenters. The second-order valence-electron chi connectivity index (χ2n) is 6.13. The first-order chi connectivity index (χ1) is 9.81. The number of rotatable bonds is 1. The SMILES string of the molecule is Cl.O=C(c1ccc2c(c1)COC2)N1CCC2NCCC2C1. The number of hydrogen-bond donors (Lipinski definition) is 1. The lowest BCUT2D eigenvalue weighted by atomic mass is 9.93. The van der Waals surface area contributed by atoms with Crippen LogP contribution in [0.5, 0.6) is 0 Å². The van der Waals surface area contributed by atoms with Crippen LogP contribution < -0.4 is 5.32 Å². The van der Waals surface area contributed by atoms with Gasteiger partial charge in [-0.05, 0) is 48.6 Å². The lowest BCUT2D eigenvalue weighted by Gasteiger charge is -2.35. The number of likely N-dealkylation sites (tertiary alicyclic amines) is 1. The highest BCUT2D eigenvalue weighted by Crippen LogP contribution is 2.27. The zero-order valence-electron chi connectivity index (χ0n) is 12.0. The van der Waals surface area contributed by atoms with E-state index in [4.69, 9.17) is 4.74 Å². The van der Waals surface area contributed by atoms with Crippen molar-refractivity contribution in [3.8, 4) is 0 Å². The minimum Gasteiger partial charge on any atom is -0.372 e. The highest BCUT2D eigenvalue weighted by atomic mass is 35.5. The third-order valence-electron chi connectivity index (χ3n) is 4.91. The molecule has 0 saturated carbocycles. The summed E-state index contributed by atoms with van der Waals surface area (Å²) in [5.74, 6) is 0.829. The standard InChI is InChI=1S/C16H20N2O2.ClH/c19-16(11-1-2-13-9-20-10-14(13)7-11)18-6-4-15-12(8-18)3-5-17-15;/h1-2,7,12,15,17H,3-6,8-10H2;1H. The second kappa shape index (κ2) is 5.95. The molecule has 3 aliphatic rings. The monoisotopic (exact) mass is 308 g/mol. The summed E-state index contributed by atoms with van der Waals surface area (Å²) in [5.41, 5.74) is 3.21. The largest absolute Gasteiger partial charge is 0.372 e.